The van der Waals surface area contributed by atoms with Crippen molar-refractivity contribution in [1.29, 1.82) is 0 Å². The molecule has 20 heavy (non-hydrogen) atoms. The molecule has 0 radical (unpaired) electrons. The van der Waals surface area contributed by atoms with Crippen LogP contribution in [0.1, 0.15) is 31.7 Å². The molecular weight excluding hydrogens is 252 g/mol. The highest BCUT2D eigenvalue weighted by Crippen LogP contribution is 2.03. The van der Waals surface area contributed by atoms with Gasteiger partial charge in [-0.1, -0.05) is 36.4 Å². The lowest BCUT2D eigenvalue weighted by atomic mass is 10.1. The molecule has 0 saturated carbocycles. The lowest BCUT2D eigenvalue weighted by Gasteiger charge is -2.17. The van der Waals surface area contributed by atoms with Crippen molar-refractivity contribution in [2.45, 2.75) is 38.8 Å². The Balaban J connectivity index is 2.49. The van der Waals surface area contributed by atoms with Gasteiger partial charge in [0.1, 0.15) is 6.04 Å². The molecule has 0 aliphatic rings. The first-order valence-corrected chi connectivity index (χ1v) is 6.83. The van der Waals surface area contributed by atoms with E-state index in [9.17, 15) is 9.59 Å². The Morgan fingerprint density at radius 3 is 2.60 bits per heavy atom. The average molecular weight is 274 g/mol. The molecule has 0 bridgehead atoms. The van der Waals surface area contributed by atoms with Gasteiger partial charge in [0, 0.05) is 13.5 Å². The zero-order valence-corrected chi connectivity index (χ0v) is 11.9. The maximum Gasteiger partial charge on any atom is 0.242 e. The molecule has 4 heteroatoms. The van der Waals surface area contributed by atoms with Crippen LogP contribution in [-0.2, 0) is 16.1 Å². The predicted octanol–water partition coefficient (Wildman–Crippen LogP) is 2.16. The number of carbonyl (C=O) groups excluding carboxylic acids is 2. The Hall–Kier alpha value is -2.10. The molecule has 2 N–H and O–H groups in total. The summed E-state index contributed by atoms with van der Waals surface area (Å²) in [4.78, 5) is 23.2. The van der Waals surface area contributed by atoms with Crippen molar-refractivity contribution in [3.63, 3.8) is 0 Å². The van der Waals surface area contributed by atoms with Gasteiger partial charge in [-0.3, -0.25) is 9.59 Å². The molecule has 1 aromatic carbocycles. The summed E-state index contributed by atoms with van der Waals surface area (Å²) in [5.74, 6) is -0.337. The summed E-state index contributed by atoms with van der Waals surface area (Å²) < 4.78 is 0. The number of hydrogen-bond donors (Lipinski definition) is 2. The van der Waals surface area contributed by atoms with Gasteiger partial charge in [-0.05, 0) is 24.8 Å². The van der Waals surface area contributed by atoms with Gasteiger partial charge in [0.2, 0.25) is 11.8 Å². The van der Waals surface area contributed by atoms with Gasteiger partial charge in [-0.25, -0.2) is 0 Å². The lowest BCUT2D eigenvalue weighted by molar-refractivity contribution is -0.128. The Labute approximate surface area is 120 Å². The Bertz CT molecular complexity index is 443. The Morgan fingerprint density at radius 1 is 1.30 bits per heavy atom. The topological polar surface area (TPSA) is 58.2 Å². The van der Waals surface area contributed by atoms with Crippen molar-refractivity contribution in [2.24, 2.45) is 0 Å². The normalized spacial score (nSPS) is 11.4. The molecule has 1 aromatic rings. The third-order valence-electron chi connectivity index (χ3n) is 2.90. The summed E-state index contributed by atoms with van der Waals surface area (Å²) in [6.07, 6.45) is 4.09. The Kier molecular flexibility index (Phi) is 7.11. The fourth-order valence-electron chi connectivity index (χ4n) is 1.89. The van der Waals surface area contributed by atoms with Gasteiger partial charge in [-0.2, -0.15) is 0 Å². The minimum atomic E-state index is -0.476. The van der Waals surface area contributed by atoms with Crippen molar-refractivity contribution < 1.29 is 9.59 Å². The second kappa shape index (κ2) is 8.91. The van der Waals surface area contributed by atoms with E-state index in [4.69, 9.17) is 0 Å². The van der Waals surface area contributed by atoms with Crippen LogP contribution in [0.2, 0.25) is 0 Å². The van der Waals surface area contributed by atoms with Crippen molar-refractivity contribution in [1.82, 2.24) is 10.6 Å². The molecule has 0 aromatic heterocycles. The predicted molar refractivity (Wildman–Crippen MR) is 79.9 cm³/mol. The number of rotatable bonds is 8. The van der Waals surface area contributed by atoms with E-state index in [-0.39, 0.29) is 11.8 Å². The molecule has 1 atom stereocenters. The molecule has 0 heterocycles. The highest BCUT2D eigenvalue weighted by Gasteiger charge is 2.18. The molecule has 0 aliphatic heterocycles. The van der Waals surface area contributed by atoms with E-state index in [0.29, 0.717) is 13.0 Å². The van der Waals surface area contributed by atoms with Gasteiger partial charge in [-0.15, -0.1) is 6.58 Å². The van der Waals surface area contributed by atoms with Gasteiger partial charge >= 0.3 is 0 Å². The fourth-order valence-corrected chi connectivity index (χ4v) is 1.89. The quantitative estimate of drug-likeness (QED) is 0.564. The summed E-state index contributed by atoms with van der Waals surface area (Å²) in [5.41, 5.74) is 1.04. The molecular formula is C16H22N2O2. The first-order chi connectivity index (χ1) is 9.63. The standard InChI is InChI=1S/C16H22N2O2/c1-3-4-6-11-15(18-13(2)19)16(20)17-12-14-9-7-5-8-10-14/h3,5,7-10,15H,1,4,6,11-12H2,2H3,(H,17,20)(H,18,19). The molecule has 1 unspecified atom stereocenters. The largest absolute Gasteiger partial charge is 0.350 e. The minimum absolute atomic E-state index is 0.145. The van der Waals surface area contributed by atoms with Crippen molar-refractivity contribution in [3.05, 3.63) is 48.6 Å². The van der Waals surface area contributed by atoms with Crippen LogP contribution in [0, 0.1) is 0 Å². The first-order valence-electron chi connectivity index (χ1n) is 6.83. The Morgan fingerprint density at radius 2 is 2.00 bits per heavy atom. The van der Waals surface area contributed by atoms with E-state index in [1.807, 2.05) is 36.4 Å². The molecule has 108 valence electrons. The number of allylic oxidation sites excluding steroid dienone is 1. The number of benzene rings is 1. The van der Waals surface area contributed by atoms with Crippen LogP contribution in [0.3, 0.4) is 0 Å². The highest BCUT2D eigenvalue weighted by atomic mass is 16.2. The number of nitrogens with one attached hydrogen (secondary N) is 2. The van der Waals surface area contributed by atoms with Crippen LogP contribution in [0.4, 0.5) is 0 Å². The molecule has 4 nitrogen and oxygen atoms in total. The van der Waals surface area contributed by atoms with Crippen molar-refractivity contribution in [2.75, 3.05) is 0 Å². The van der Waals surface area contributed by atoms with Crippen molar-refractivity contribution >= 4 is 11.8 Å². The third kappa shape index (κ3) is 6.18. The molecule has 2 amide bonds. The summed E-state index contributed by atoms with van der Waals surface area (Å²) in [5, 5.41) is 5.54. The number of carbonyl (C=O) groups is 2. The highest BCUT2D eigenvalue weighted by molar-refractivity contribution is 5.86. The lowest BCUT2D eigenvalue weighted by Crippen LogP contribution is -2.45. The summed E-state index contributed by atoms with van der Waals surface area (Å²) in [7, 11) is 0. The maximum absolute atomic E-state index is 12.1. The van der Waals surface area contributed by atoms with Gasteiger partial charge < -0.3 is 10.6 Å². The van der Waals surface area contributed by atoms with Gasteiger partial charge in [0.05, 0.1) is 0 Å². The second-order valence-corrected chi connectivity index (χ2v) is 4.68. The molecule has 0 aliphatic carbocycles. The zero-order valence-electron chi connectivity index (χ0n) is 11.9. The molecule has 0 saturated heterocycles. The number of unbranched alkanes of at least 4 members (excludes halogenated alkanes) is 1. The number of hydrogen-bond acceptors (Lipinski definition) is 2. The zero-order chi connectivity index (χ0) is 14.8. The van der Waals surface area contributed by atoms with Crippen LogP contribution < -0.4 is 10.6 Å². The summed E-state index contributed by atoms with van der Waals surface area (Å²) >= 11 is 0. The van der Waals surface area contributed by atoms with Crippen LogP contribution in [0.15, 0.2) is 43.0 Å². The van der Waals surface area contributed by atoms with Crippen LogP contribution >= 0.6 is 0 Å². The van der Waals surface area contributed by atoms with E-state index in [2.05, 4.69) is 17.2 Å². The second-order valence-electron chi connectivity index (χ2n) is 4.68. The summed E-state index contributed by atoms with van der Waals surface area (Å²) in [6, 6.07) is 9.21. The van der Waals surface area contributed by atoms with E-state index in [1.165, 1.54) is 6.92 Å². The minimum Gasteiger partial charge on any atom is -0.350 e. The monoisotopic (exact) mass is 274 g/mol. The van der Waals surface area contributed by atoms with E-state index in [1.54, 1.807) is 0 Å². The summed E-state index contributed by atoms with van der Waals surface area (Å²) in [6.45, 7) is 5.54. The van der Waals surface area contributed by atoms with Crippen LogP contribution in [-0.4, -0.2) is 17.9 Å². The average Bonchev–Trinajstić information content (AvgIpc) is 2.44. The van der Waals surface area contributed by atoms with E-state index < -0.39 is 6.04 Å². The van der Waals surface area contributed by atoms with E-state index >= 15 is 0 Å². The van der Waals surface area contributed by atoms with E-state index in [0.717, 1.165) is 18.4 Å². The molecule has 1 rings (SSSR count). The smallest absolute Gasteiger partial charge is 0.242 e. The number of amides is 2. The maximum atomic E-state index is 12.1. The van der Waals surface area contributed by atoms with Crippen LogP contribution in [0.25, 0.3) is 0 Å². The third-order valence-corrected chi connectivity index (χ3v) is 2.90. The SMILES string of the molecule is C=CCCCC(NC(C)=O)C(=O)NCc1ccccc1. The molecule has 0 fully saturated rings. The molecule has 0 spiro atoms. The van der Waals surface area contributed by atoms with Gasteiger partial charge in [0.25, 0.3) is 0 Å². The fraction of sp³-hybridized carbons (Fsp3) is 0.375. The van der Waals surface area contributed by atoms with Crippen molar-refractivity contribution in [3.8, 4) is 0 Å². The first kappa shape index (κ1) is 16.0. The van der Waals surface area contributed by atoms with Gasteiger partial charge in [0.15, 0.2) is 0 Å². The van der Waals surface area contributed by atoms with Crippen LogP contribution in [0.5, 0.6) is 0 Å².